The number of anilines is 2. The van der Waals surface area contributed by atoms with E-state index in [4.69, 9.17) is 15.0 Å². The summed E-state index contributed by atoms with van der Waals surface area (Å²) in [5.41, 5.74) is 12.5. The van der Waals surface area contributed by atoms with E-state index in [0.29, 0.717) is 6.42 Å². The maximum atomic E-state index is 10.0. The molecule has 0 bridgehead atoms. The number of aromatic nitrogens is 2. The summed E-state index contributed by atoms with van der Waals surface area (Å²) in [5.74, 6) is 0.745. The summed E-state index contributed by atoms with van der Waals surface area (Å²) in [7, 11) is 0. The third-order valence-corrected chi connectivity index (χ3v) is 11.0. The molecule has 8 heteroatoms. The zero-order valence-corrected chi connectivity index (χ0v) is 29.0. The van der Waals surface area contributed by atoms with Crippen molar-refractivity contribution in [3.63, 3.8) is 0 Å². The first-order valence-corrected chi connectivity index (χ1v) is 17.9. The summed E-state index contributed by atoms with van der Waals surface area (Å²) < 4.78 is 1.03. The molecule has 0 amide bonds. The first-order valence-electron chi connectivity index (χ1n) is 17.0. The Balaban J connectivity index is 1.07. The van der Waals surface area contributed by atoms with E-state index in [2.05, 4.69) is 98.7 Å². The van der Waals surface area contributed by atoms with Gasteiger partial charge < -0.3 is 0 Å². The Morgan fingerprint density at radius 1 is 0.833 bits per heavy atom. The molecule has 7 nitrogen and oxygen atoms in total. The molecule has 8 rings (SSSR count). The van der Waals surface area contributed by atoms with Crippen LogP contribution in [0.3, 0.4) is 0 Å². The number of nitriles is 1. The monoisotopic (exact) mass is 696 g/mol. The van der Waals surface area contributed by atoms with E-state index in [1.165, 1.54) is 55.5 Å². The van der Waals surface area contributed by atoms with Gasteiger partial charge in [-0.1, -0.05) is 0 Å². The molecule has 0 atom stereocenters. The van der Waals surface area contributed by atoms with Gasteiger partial charge in [0, 0.05) is 0 Å². The van der Waals surface area contributed by atoms with Crippen LogP contribution in [0.2, 0.25) is 0 Å². The van der Waals surface area contributed by atoms with Crippen LogP contribution in [0.1, 0.15) is 59.1 Å². The van der Waals surface area contributed by atoms with E-state index in [9.17, 15) is 5.26 Å². The molecule has 2 aromatic heterocycles. The van der Waals surface area contributed by atoms with Crippen LogP contribution in [0.15, 0.2) is 78.0 Å². The van der Waals surface area contributed by atoms with Crippen molar-refractivity contribution in [2.24, 2.45) is 4.99 Å². The van der Waals surface area contributed by atoms with Crippen LogP contribution in [0, 0.1) is 18.3 Å². The van der Waals surface area contributed by atoms with Gasteiger partial charge in [-0.15, -0.1) is 0 Å². The Labute approximate surface area is 290 Å². The van der Waals surface area contributed by atoms with Crippen molar-refractivity contribution < 1.29 is 0 Å². The molecule has 3 aliphatic rings. The van der Waals surface area contributed by atoms with E-state index in [-0.39, 0.29) is 0 Å². The van der Waals surface area contributed by atoms with Crippen LogP contribution < -0.4 is 9.78 Å². The first kappa shape index (κ1) is 30.9. The molecular weight excluding hydrogens is 657 g/mol. The van der Waals surface area contributed by atoms with E-state index in [1.807, 2.05) is 18.5 Å². The first-order chi connectivity index (χ1) is 23.5. The fourth-order valence-corrected chi connectivity index (χ4v) is 8.22. The summed E-state index contributed by atoms with van der Waals surface area (Å²) in [5, 5.41) is 14.7. The second-order valence-corrected chi connectivity index (χ2v) is 14.2. The third-order valence-electron chi connectivity index (χ3n) is 10.1. The number of hydrogen-bond donors (Lipinski definition) is 1. The average Bonchev–Trinajstić information content (AvgIpc) is 3.89. The van der Waals surface area contributed by atoms with Crippen molar-refractivity contribution in [2.45, 2.75) is 52.1 Å². The van der Waals surface area contributed by atoms with Crippen LogP contribution in [-0.4, -0.2) is 67.7 Å². The van der Waals surface area contributed by atoms with Crippen LogP contribution in [0.5, 0.6) is 0 Å². The molecule has 3 aromatic carbocycles. The summed E-state index contributed by atoms with van der Waals surface area (Å²) in [4.78, 5) is 19.7. The van der Waals surface area contributed by atoms with Crippen LogP contribution in [0.4, 0.5) is 17.2 Å². The molecule has 1 N–H and O–H groups in total. The zero-order chi connectivity index (χ0) is 32.6. The minimum absolute atomic E-state index is 0.665. The van der Waals surface area contributed by atoms with Gasteiger partial charge in [-0.05, 0) is 25.9 Å². The molecule has 48 heavy (non-hydrogen) atoms. The Bertz CT molecular complexity index is 2100. The van der Waals surface area contributed by atoms with E-state index in [1.54, 1.807) is 0 Å². The second kappa shape index (κ2) is 13.3. The summed E-state index contributed by atoms with van der Waals surface area (Å²) in [6.45, 7) is 8.59. The van der Waals surface area contributed by atoms with Gasteiger partial charge in [-0.3, -0.25) is 0 Å². The maximum absolute atomic E-state index is 10.0. The van der Waals surface area contributed by atoms with Crippen molar-refractivity contribution in [3.05, 3.63) is 106 Å². The summed E-state index contributed by atoms with van der Waals surface area (Å²) in [6, 6.07) is 23.8. The molecule has 2 saturated heterocycles. The topological polar surface area (TPSA) is 80.4 Å². The fourth-order valence-electron chi connectivity index (χ4n) is 7.60. The van der Waals surface area contributed by atoms with Crippen molar-refractivity contribution in [3.8, 4) is 17.2 Å². The summed E-state index contributed by atoms with van der Waals surface area (Å²) >= 11 is 3.35. The van der Waals surface area contributed by atoms with E-state index < -0.39 is 0 Å². The number of aliphatic imine (C=N–C) groups is 1. The molecule has 0 unspecified atom stereocenters. The van der Waals surface area contributed by atoms with Crippen molar-refractivity contribution in [1.82, 2.24) is 19.8 Å². The van der Waals surface area contributed by atoms with Crippen LogP contribution in [0.25, 0.3) is 22.0 Å². The van der Waals surface area contributed by atoms with Gasteiger partial charge in [-0.2, -0.15) is 0 Å². The molecule has 5 heterocycles. The van der Waals surface area contributed by atoms with Gasteiger partial charge in [0.15, 0.2) is 0 Å². The van der Waals surface area contributed by atoms with Gasteiger partial charge in [0.2, 0.25) is 0 Å². The molecule has 1 radical (unpaired) electrons. The average molecular weight is 696 g/mol. The zero-order valence-electron chi connectivity index (χ0n) is 27.3. The van der Waals surface area contributed by atoms with Gasteiger partial charge in [-0.25, -0.2) is 0 Å². The number of fused-ring (bicyclic) bond motifs is 2. The quantitative estimate of drug-likeness (QED) is 0.178. The molecular formula is C40H38N7Se. The molecule has 2 fully saturated rings. The van der Waals surface area contributed by atoms with Crippen LogP contribution >= 0.6 is 0 Å². The number of benzene rings is 3. The SMILES string of the molecule is Cc1c(C2=Nc3cc(CN4CCCC4)cc(C#N)c3C2)cccc1-c1cccc(Nc2nccc3cc(CN4CCCC4)cnc23)c1[Se]. The van der Waals surface area contributed by atoms with Gasteiger partial charge >= 0.3 is 266 Å². The second-order valence-electron chi connectivity index (χ2n) is 13.3. The third kappa shape index (κ3) is 6.04. The molecule has 239 valence electrons. The Morgan fingerprint density at radius 3 is 2.31 bits per heavy atom. The van der Waals surface area contributed by atoms with Gasteiger partial charge in [0.25, 0.3) is 0 Å². The molecule has 5 aromatic rings. The van der Waals surface area contributed by atoms with Crippen molar-refractivity contribution in [1.29, 1.82) is 5.26 Å². The molecule has 0 aliphatic carbocycles. The number of nitrogens with one attached hydrogen (secondary N) is 1. The predicted molar refractivity (Wildman–Crippen MR) is 195 cm³/mol. The summed E-state index contributed by atoms with van der Waals surface area (Å²) in [6.07, 6.45) is 9.58. The fraction of sp³-hybridized carbons (Fsp3) is 0.300. The van der Waals surface area contributed by atoms with Crippen molar-refractivity contribution in [2.75, 3.05) is 31.5 Å². The van der Waals surface area contributed by atoms with Gasteiger partial charge in [0.05, 0.1) is 0 Å². The van der Waals surface area contributed by atoms with Crippen molar-refractivity contribution >= 4 is 54.3 Å². The van der Waals surface area contributed by atoms with Gasteiger partial charge in [0.1, 0.15) is 0 Å². The van der Waals surface area contributed by atoms with E-state index in [0.717, 1.165) is 92.3 Å². The predicted octanol–water partition coefficient (Wildman–Crippen LogP) is 6.88. The Kier molecular flexibility index (Phi) is 8.54. The Hall–Kier alpha value is -4.38. The number of pyridine rings is 2. The number of rotatable bonds is 8. The van der Waals surface area contributed by atoms with E-state index >= 15 is 0 Å². The number of hydrogen-bond acceptors (Lipinski definition) is 7. The number of likely N-dealkylation sites (tertiary alicyclic amines) is 2. The minimum atomic E-state index is 0.665. The molecule has 0 spiro atoms. The normalized spacial score (nSPS) is 16.3. The number of nitrogens with zero attached hydrogens (tertiary/aromatic N) is 6. The standard InChI is InChI=1S/C40H38N7Se/c1-26-31(8-6-9-32(26)37-21-34-30(22-41)18-27(20-36(34)44-37)24-46-14-2-3-15-46)33-10-7-11-35(39(33)48)45-40-38-29(12-13-42-40)19-28(23-43-38)25-47-16-4-5-17-47/h6-13,18-20,23H,2-5,14-17,21,24-25H2,1H3,(H,42,45). The van der Waals surface area contributed by atoms with Crippen LogP contribution in [-0.2, 0) is 19.5 Å². The molecule has 0 saturated carbocycles. The molecule has 3 aliphatic heterocycles. The Morgan fingerprint density at radius 2 is 1.54 bits per heavy atom.